The predicted molar refractivity (Wildman–Crippen MR) is 66.8 cm³/mol. The quantitative estimate of drug-likeness (QED) is 0.710. The number of halogens is 1. The van der Waals surface area contributed by atoms with Gasteiger partial charge in [0.05, 0.1) is 31.6 Å². The molecule has 0 aliphatic heterocycles. The molecule has 0 saturated carbocycles. The van der Waals surface area contributed by atoms with Crippen molar-refractivity contribution in [1.82, 2.24) is 0 Å². The second-order valence-corrected chi connectivity index (χ2v) is 3.94. The molecule has 1 N–H and O–H groups in total. The molecule has 1 aromatic rings. The van der Waals surface area contributed by atoms with E-state index in [9.17, 15) is 4.39 Å². The Morgan fingerprint density at radius 2 is 1.94 bits per heavy atom. The molecule has 0 aliphatic rings. The van der Waals surface area contributed by atoms with Gasteiger partial charge in [0.2, 0.25) is 0 Å². The molecule has 96 valence electrons. The highest BCUT2D eigenvalue weighted by molar-refractivity contribution is 5.44. The Kier molecular flexibility index (Phi) is 6.58. The van der Waals surface area contributed by atoms with Gasteiger partial charge in [0.25, 0.3) is 0 Å². The fraction of sp³-hybridized carbons (Fsp3) is 0.538. The molecular weight excluding hydrogens is 221 g/mol. The summed E-state index contributed by atoms with van der Waals surface area (Å²) >= 11 is 0. The summed E-state index contributed by atoms with van der Waals surface area (Å²) < 4.78 is 23.8. The number of ether oxygens (including phenoxy) is 2. The SMILES string of the molecule is CC(C)OCCOCCNc1ccccc1F. The molecule has 1 rings (SSSR count). The van der Waals surface area contributed by atoms with Crippen LogP contribution in [0.4, 0.5) is 10.1 Å². The van der Waals surface area contributed by atoms with Crippen LogP contribution in [0, 0.1) is 5.82 Å². The molecular formula is C13H20FNO2. The van der Waals surface area contributed by atoms with Crippen molar-refractivity contribution in [2.24, 2.45) is 0 Å². The maximum atomic E-state index is 13.2. The Morgan fingerprint density at radius 3 is 2.65 bits per heavy atom. The van der Waals surface area contributed by atoms with E-state index in [1.54, 1.807) is 18.2 Å². The summed E-state index contributed by atoms with van der Waals surface area (Å²) in [5.74, 6) is -0.240. The van der Waals surface area contributed by atoms with Crippen LogP contribution in [0.3, 0.4) is 0 Å². The fourth-order valence-corrected chi connectivity index (χ4v) is 1.31. The third-order valence-corrected chi connectivity index (χ3v) is 2.11. The normalized spacial score (nSPS) is 10.8. The fourth-order valence-electron chi connectivity index (χ4n) is 1.31. The van der Waals surface area contributed by atoms with E-state index in [2.05, 4.69) is 5.32 Å². The summed E-state index contributed by atoms with van der Waals surface area (Å²) in [6.45, 7) is 6.26. The minimum absolute atomic E-state index is 0.232. The second kappa shape index (κ2) is 8.03. The highest BCUT2D eigenvalue weighted by atomic mass is 19.1. The van der Waals surface area contributed by atoms with Gasteiger partial charge in [-0.15, -0.1) is 0 Å². The lowest BCUT2D eigenvalue weighted by Gasteiger charge is -2.09. The molecule has 0 aliphatic carbocycles. The molecule has 3 nitrogen and oxygen atoms in total. The van der Waals surface area contributed by atoms with Gasteiger partial charge >= 0.3 is 0 Å². The highest BCUT2D eigenvalue weighted by Gasteiger charge is 1.98. The zero-order valence-electron chi connectivity index (χ0n) is 10.4. The van der Waals surface area contributed by atoms with E-state index in [4.69, 9.17) is 9.47 Å². The molecule has 1 aromatic carbocycles. The van der Waals surface area contributed by atoms with Crippen LogP contribution in [-0.2, 0) is 9.47 Å². The van der Waals surface area contributed by atoms with Gasteiger partial charge < -0.3 is 14.8 Å². The molecule has 0 spiro atoms. The van der Waals surface area contributed by atoms with E-state index in [0.717, 1.165) is 0 Å². The smallest absolute Gasteiger partial charge is 0.146 e. The van der Waals surface area contributed by atoms with Crippen LogP contribution in [0.25, 0.3) is 0 Å². The van der Waals surface area contributed by atoms with Gasteiger partial charge in [0, 0.05) is 6.54 Å². The van der Waals surface area contributed by atoms with Crippen LogP contribution in [0.1, 0.15) is 13.8 Å². The van der Waals surface area contributed by atoms with E-state index in [1.807, 2.05) is 13.8 Å². The minimum atomic E-state index is -0.240. The highest BCUT2D eigenvalue weighted by Crippen LogP contribution is 2.11. The van der Waals surface area contributed by atoms with Crippen LogP contribution in [0.2, 0.25) is 0 Å². The first-order chi connectivity index (χ1) is 8.20. The van der Waals surface area contributed by atoms with E-state index in [-0.39, 0.29) is 11.9 Å². The third kappa shape index (κ3) is 6.24. The first-order valence-electron chi connectivity index (χ1n) is 5.88. The zero-order valence-corrected chi connectivity index (χ0v) is 10.4. The van der Waals surface area contributed by atoms with Crippen molar-refractivity contribution >= 4 is 5.69 Å². The summed E-state index contributed by atoms with van der Waals surface area (Å²) in [7, 11) is 0. The average molecular weight is 241 g/mol. The molecule has 0 unspecified atom stereocenters. The van der Waals surface area contributed by atoms with Gasteiger partial charge in [0.15, 0.2) is 0 Å². The lowest BCUT2D eigenvalue weighted by atomic mass is 10.3. The molecule has 0 atom stereocenters. The maximum absolute atomic E-state index is 13.2. The summed E-state index contributed by atoms with van der Waals surface area (Å²) in [5, 5.41) is 2.97. The molecule has 0 aromatic heterocycles. The molecule has 0 fully saturated rings. The molecule has 0 amide bonds. The van der Waals surface area contributed by atoms with E-state index < -0.39 is 0 Å². The van der Waals surface area contributed by atoms with E-state index in [0.29, 0.717) is 32.1 Å². The van der Waals surface area contributed by atoms with E-state index >= 15 is 0 Å². The third-order valence-electron chi connectivity index (χ3n) is 2.11. The van der Waals surface area contributed by atoms with Gasteiger partial charge in [-0.2, -0.15) is 0 Å². The number of para-hydroxylation sites is 1. The first-order valence-corrected chi connectivity index (χ1v) is 5.88. The van der Waals surface area contributed by atoms with Crippen molar-refractivity contribution in [1.29, 1.82) is 0 Å². The standard InChI is InChI=1S/C13H20FNO2/c1-11(2)17-10-9-16-8-7-15-13-6-4-3-5-12(13)14/h3-6,11,15H,7-10H2,1-2H3. The summed E-state index contributed by atoms with van der Waals surface area (Å²) in [5.41, 5.74) is 0.509. The van der Waals surface area contributed by atoms with Gasteiger partial charge in [-0.05, 0) is 26.0 Å². The molecule has 17 heavy (non-hydrogen) atoms. The number of hydrogen-bond acceptors (Lipinski definition) is 3. The average Bonchev–Trinajstić information content (AvgIpc) is 2.30. The van der Waals surface area contributed by atoms with Crippen LogP contribution in [0.5, 0.6) is 0 Å². The van der Waals surface area contributed by atoms with Crippen LogP contribution >= 0.6 is 0 Å². The van der Waals surface area contributed by atoms with Gasteiger partial charge in [-0.25, -0.2) is 4.39 Å². The Morgan fingerprint density at radius 1 is 1.18 bits per heavy atom. The van der Waals surface area contributed by atoms with E-state index in [1.165, 1.54) is 6.07 Å². The van der Waals surface area contributed by atoms with Crippen LogP contribution < -0.4 is 5.32 Å². The molecule has 0 heterocycles. The Labute approximate surface area is 102 Å². The summed E-state index contributed by atoms with van der Waals surface area (Å²) in [4.78, 5) is 0. The Balaban J connectivity index is 2.03. The van der Waals surface area contributed by atoms with Crippen molar-refractivity contribution in [3.8, 4) is 0 Å². The molecule has 0 bridgehead atoms. The summed E-state index contributed by atoms with van der Waals surface area (Å²) in [6, 6.07) is 6.60. The molecule has 0 radical (unpaired) electrons. The summed E-state index contributed by atoms with van der Waals surface area (Å²) in [6.07, 6.45) is 0.232. The van der Waals surface area contributed by atoms with Gasteiger partial charge in [0.1, 0.15) is 5.82 Å². The Hall–Kier alpha value is -1.13. The second-order valence-electron chi connectivity index (χ2n) is 3.94. The Bertz CT molecular complexity index is 318. The topological polar surface area (TPSA) is 30.5 Å². The first kappa shape index (κ1) is 13.9. The van der Waals surface area contributed by atoms with Crippen LogP contribution in [-0.4, -0.2) is 32.5 Å². The number of nitrogens with one attached hydrogen (secondary N) is 1. The lowest BCUT2D eigenvalue weighted by Crippen LogP contribution is -2.14. The molecule has 4 heteroatoms. The maximum Gasteiger partial charge on any atom is 0.146 e. The van der Waals surface area contributed by atoms with Crippen LogP contribution in [0.15, 0.2) is 24.3 Å². The lowest BCUT2D eigenvalue weighted by molar-refractivity contribution is 0.0222. The minimum Gasteiger partial charge on any atom is -0.380 e. The van der Waals surface area contributed by atoms with Crippen molar-refractivity contribution < 1.29 is 13.9 Å². The van der Waals surface area contributed by atoms with Crippen molar-refractivity contribution in [2.75, 3.05) is 31.7 Å². The molecule has 0 saturated heterocycles. The number of hydrogen-bond donors (Lipinski definition) is 1. The largest absolute Gasteiger partial charge is 0.380 e. The van der Waals surface area contributed by atoms with Crippen molar-refractivity contribution in [2.45, 2.75) is 20.0 Å². The zero-order chi connectivity index (χ0) is 12.5. The van der Waals surface area contributed by atoms with Gasteiger partial charge in [-0.1, -0.05) is 12.1 Å². The monoisotopic (exact) mass is 241 g/mol. The van der Waals surface area contributed by atoms with Gasteiger partial charge in [-0.3, -0.25) is 0 Å². The number of rotatable bonds is 8. The number of benzene rings is 1. The van der Waals surface area contributed by atoms with Crippen molar-refractivity contribution in [3.05, 3.63) is 30.1 Å². The number of anilines is 1. The predicted octanol–water partition coefficient (Wildman–Crippen LogP) is 2.68. The van der Waals surface area contributed by atoms with Crippen molar-refractivity contribution in [3.63, 3.8) is 0 Å².